The molecule has 150 valence electrons. The third-order valence-electron chi connectivity index (χ3n) is 4.06. The fourth-order valence-corrected chi connectivity index (χ4v) is 2.54. The molecule has 0 aromatic heterocycles. The number of aliphatic hydroxyl groups excluding tert-OH is 1. The minimum Gasteiger partial charge on any atom is -0.504 e. The Bertz CT molecular complexity index is 805. The fourth-order valence-electron chi connectivity index (χ4n) is 2.54. The number of hydrogen-bond acceptors (Lipinski definition) is 7. The zero-order valence-electron chi connectivity index (χ0n) is 15.4. The van der Waals surface area contributed by atoms with Gasteiger partial charge in [-0.2, -0.15) is 0 Å². The molecule has 0 spiro atoms. The number of ether oxygens (including phenoxy) is 2. The van der Waals surface area contributed by atoms with Crippen molar-refractivity contribution in [2.24, 2.45) is 0 Å². The molecule has 1 atom stereocenters. The van der Waals surface area contributed by atoms with Crippen molar-refractivity contribution in [3.63, 3.8) is 0 Å². The topological polar surface area (TPSA) is 125 Å². The Morgan fingerprint density at radius 3 is 2.46 bits per heavy atom. The quantitative estimate of drug-likeness (QED) is 0.221. The van der Waals surface area contributed by atoms with E-state index in [4.69, 9.17) is 9.84 Å². The van der Waals surface area contributed by atoms with Crippen LogP contribution in [0.1, 0.15) is 23.7 Å². The molecule has 0 aliphatic rings. The van der Waals surface area contributed by atoms with Crippen LogP contribution < -0.4 is 14.8 Å². The number of methoxy groups -OCH3 is 1. The van der Waals surface area contributed by atoms with Crippen LogP contribution in [0, 0.1) is 0 Å². The van der Waals surface area contributed by atoms with Crippen LogP contribution in [0.5, 0.6) is 17.2 Å². The standard InChI is InChI=1S/C20H23NO7/c1-27-15-7-4-13(5-8-15)3-2-10-21-12-17(23)14-6-9-18(16(22)11-14)28-20(26)19(24)25/h4-9,11,17,21-23H,2-3,10,12H2,1H3,(H,24,25)/t17-/m1/s1. The monoisotopic (exact) mass is 389 g/mol. The van der Waals surface area contributed by atoms with Gasteiger partial charge in [0.1, 0.15) is 5.75 Å². The number of carboxylic acids is 1. The van der Waals surface area contributed by atoms with Crippen LogP contribution in [0.2, 0.25) is 0 Å². The number of aromatic hydroxyl groups is 1. The molecule has 0 fully saturated rings. The van der Waals surface area contributed by atoms with Crippen molar-refractivity contribution < 1.29 is 34.4 Å². The number of aliphatic carboxylic acids is 1. The van der Waals surface area contributed by atoms with E-state index in [2.05, 4.69) is 10.1 Å². The minimum absolute atomic E-state index is 0.274. The molecule has 8 heteroatoms. The summed E-state index contributed by atoms with van der Waals surface area (Å²) in [6.07, 6.45) is 0.891. The number of esters is 1. The molecule has 2 rings (SSSR count). The molecule has 2 aromatic rings. The Balaban J connectivity index is 1.76. The number of phenols is 1. The molecule has 0 unspecified atom stereocenters. The van der Waals surface area contributed by atoms with E-state index >= 15 is 0 Å². The molecule has 2 aromatic carbocycles. The lowest BCUT2D eigenvalue weighted by Gasteiger charge is -2.14. The molecule has 0 heterocycles. The molecule has 0 saturated carbocycles. The average molecular weight is 389 g/mol. The smallest absolute Gasteiger partial charge is 0.422 e. The van der Waals surface area contributed by atoms with Gasteiger partial charge in [0, 0.05) is 6.54 Å². The summed E-state index contributed by atoms with van der Waals surface area (Å²) < 4.78 is 9.63. The highest BCUT2D eigenvalue weighted by Gasteiger charge is 2.17. The highest BCUT2D eigenvalue weighted by molar-refractivity contribution is 6.29. The predicted octanol–water partition coefficient (Wildman–Crippen LogP) is 1.65. The second-order valence-corrected chi connectivity index (χ2v) is 6.09. The zero-order valence-corrected chi connectivity index (χ0v) is 15.4. The van der Waals surface area contributed by atoms with E-state index in [0.717, 1.165) is 18.6 Å². The summed E-state index contributed by atoms with van der Waals surface area (Å²) in [4.78, 5) is 21.5. The summed E-state index contributed by atoms with van der Waals surface area (Å²) in [5.74, 6) is -3.15. The van der Waals surface area contributed by atoms with E-state index in [-0.39, 0.29) is 12.3 Å². The number of aliphatic hydroxyl groups is 1. The van der Waals surface area contributed by atoms with Gasteiger partial charge in [-0.15, -0.1) is 0 Å². The number of aryl methyl sites for hydroxylation is 1. The summed E-state index contributed by atoms with van der Waals surface area (Å²) in [7, 11) is 1.63. The fraction of sp³-hybridized carbons (Fsp3) is 0.300. The van der Waals surface area contributed by atoms with Crippen LogP contribution in [-0.4, -0.2) is 47.5 Å². The van der Waals surface area contributed by atoms with Gasteiger partial charge in [0.25, 0.3) is 0 Å². The first-order valence-electron chi connectivity index (χ1n) is 8.70. The molecule has 0 radical (unpaired) electrons. The number of phenolic OH excluding ortho intramolecular Hbond substituents is 1. The highest BCUT2D eigenvalue weighted by atomic mass is 16.6. The Hall–Kier alpha value is -3.10. The van der Waals surface area contributed by atoms with Crippen molar-refractivity contribution in [2.45, 2.75) is 18.9 Å². The second kappa shape index (κ2) is 10.3. The number of rotatable bonds is 9. The maximum Gasteiger partial charge on any atom is 0.422 e. The van der Waals surface area contributed by atoms with Gasteiger partial charge in [0.15, 0.2) is 11.5 Å². The van der Waals surface area contributed by atoms with E-state index < -0.39 is 23.8 Å². The summed E-state index contributed by atoms with van der Waals surface area (Å²) >= 11 is 0. The van der Waals surface area contributed by atoms with Gasteiger partial charge in [-0.3, -0.25) is 0 Å². The van der Waals surface area contributed by atoms with E-state index in [9.17, 15) is 19.8 Å². The lowest BCUT2D eigenvalue weighted by atomic mass is 10.1. The number of carbonyl (C=O) groups is 2. The Labute approximate surface area is 162 Å². The number of benzene rings is 2. The van der Waals surface area contributed by atoms with Crippen LogP contribution in [0.3, 0.4) is 0 Å². The molecule has 0 amide bonds. The van der Waals surface area contributed by atoms with Crippen molar-refractivity contribution >= 4 is 11.9 Å². The molecule has 28 heavy (non-hydrogen) atoms. The van der Waals surface area contributed by atoms with Gasteiger partial charge >= 0.3 is 11.9 Å². The normalized spacial score (nSPS) is 11.6. The minimum atomic E-state index is -1.76. The zero-order chi connectivity index (χ0) is 20.5. The number of carboxylic acid groups (broad SMARTS) is 1. The van der Waals surface area contributed by atoms with Gasteiger partial charge in [-0.25, -0.2) is 9.59 Å². The molecular formula is C20H23NO7. The Kier molecular flexibility index (Phi) is 7.79. The summed E-state index contributed by atoms with van der Waals surface area (Å²) in [5.41, 5.74) is 1.61. The van der Waals surface area contributed by atoms with Gasteiger partial charge in [0.2, 0.25) is 0 Å². The van der Waals surface area contributed by atoms with E-state index in [1.807, 2.05) is 24.3 Å². The third-order valence-corrected chi connectivity index (χ3v) is 4.06. The molecule has 0 aliphatic heterocycles. The van der Waals surface area contributed by atoms with Crippen LogP contribution in [0.15, 0.2) is 42.5 Å². The summed E-state index contributed by atoms with van der Waals surface area (Å²) in [5, 5.41) is 31.7. The first-order chi connectivity index (χ1) is 13.4. The van der Waals surface area contributed by atoms with Gasteiger partial charge in [-0.05, 0) is 54.8 Å². The van der Waals surface area contributed by atoms with E-state index in [0.29, 0.717) is 12.1 Å². The number of hydrogen-bond donors (Lipinski definition) is 4. The largest absolute Gasteiger partial charge is 0.504 e. The molecule has 0 saturated heterocycles. The third kappa shape index (κ3) is 6.26. The van der Waals surface area contributed by atoms with Crippen LogP contribution in [0.4, 0.5) is 0 Å². The molecule has 0 aliphatic carbocycles. The van der Waals surface area contributed by atoms with Crippen molar-refractivity contribution in [1.82, 2.24) is 5.32 Å². The molecule has 0 bridgehead atoms. The van der Waals surface area contributed by atoms with Gasteiger partial charge in [-0.1, -0.05) is 18.2 Å². The lowest BCUT2D eigenvalue weighted by Crippen LogP contribution is -2.23. The molecular weight excluding hydrogens is 366 g/mol. The van der Waals surface area contributed by atoms with E-state index in [1.165, 1.54) is 23.8 Å². The maximum atomic E-state index is 11.0. The Morgan fingerprint density at radius 1 is 1.14 bits per heavy atom. The number of nitrogens with one attached hydrogen (secondary N) is 1. The van der Waals surface area contributed by atoms with E-state index in [1.54, 1.807) is 7.11 Å². The summed E-state index contributed by atoms with van der Waals surface area (Å²) in [6, 6.07) is 11.8. The van der Waals surface area contributed by atoms with Crippen LogP contribution in [-0.2, 0) is 16.0 Å². The first-order valence-corrected chi connectivity index (χ1v) is 8.70. The number of carbonyl (C=O) groups excluding carboxylic acids is 1. The molecule has 8 nitrogen and oxygen atoms in total. The SMILES string of the molecule is COc1ccc(CCCNC[C@@H](O)c2ccc(OC(=O)C(=O)O)c(O)c2)cc1. The summed E-state index contributed by atoms with van der Waals surface area (Å²) in [6.45, 7) is 0.972. The van der Waals surface area contributed by atoms with Crippen molar-refractivity contribution in [3.05, 3.63) is 53.6 Å². The average Bonchev–Trinajstić information content (AvgIpc) is 2.69. The lowest BCUT2D eigenvalue weighted by molar-refractivity contribution is -0.158. The predicted molar refractivity (Wildman–Crippen MR) is 101 cm³/mol. The van der Waals surface area contributed by atoms with Crippen molar-refractivity contribution in [2.75, 3.05) is 20.2 Å². The van der Waals surface area contributed by atoms with Gasteiger partial charge in [0.05, 0.1) is 13.2 Å². The van der Waals surface area contributed by atoms with Crippen LogP contribution in [0.25, 0.3) is 0 Å². The first kappa shape index (κ1) is 21.2. The second-order valence-electron chi connectivity index (χ2n) is 6.09. The maximum absolute atomic E-state index is 11.0. The Morgan fingerprint density at radius 2 is 1.86 bits per heavy atom. The van der Waals surface area contributed by atoms with Gasteiger partial charge < -0.3 is 30.1 Å². The van der Waals surface area contributed by atoms with Crippen molar-refractivity contribution in [1.29, 1.82) is 0 Å². The van der Waals surface area contributed by atoms with Crippen LogP contribution >= 0.6 is 0 Å². The van der Waals surface area contributed by atoms with Crippen molar-refractivity contribution in [3.8, 4) is 17.2 Å². The molecule has 4 N–H and O–H groups in total. The highest BCUT2D eigenvalue weighted by Crippen LogP contribution is 2.29.